The predicted molar refractivity (Wildman–Crippen MR) is 125 cm³/mol. The van der Waals surface area contributed by atoms with Gasteiger partial charge in [0, 0.05) is 12.1 Å². The van der Waals surface area contributed by atoms with Gasteiger partial charge in [0.1, 0.15) is 18.0 Å². The molecular weight excluding hydrogens is 402 g/mol. The second kappa shape index (κ2) is 9.51. The number of nitrogens with zero attached hydrogens (tertiary/aromatic N) is 1. The van der Waals surface area contributed by atoms with Gasteiger partial charge in [0.15, 0.2) is 0 Å². The number of rotatable bonds is 6. The Morgan fingerprint density at radius 1 is 1.09 bits per heavy atom. The van der Waals surface area contributed by atoms with Crippen molar-refractivity contribution in [3.05, 3.63) is 78.3 Å². The van der Waals surface area contributed by atoms with Gasteiger partial charge in [-0.2, -0.15) is 0 Å². The molecule has 5 heteroatoms. The van der Waals surface area contributed by atoms with Gasteiger partial charge in [-0.25, -0.2) is 4.79 Å². The molecule has 1 amide bonds. The average molecular weight is 434 g/mol. The van der Waals surface area contributed by atoms with Gasteiger partial charge in [-0.15, -0.1) is 0 Å². The van der Waals surface area contributed by atoms with Crippen LogP contribution in [-0.2, 0) is 11.2 Å². The highest BCUT2D eigenvalue weighted by Gasteiger charge is 2.32. The van der Waals surface area contributed by atoms with Crippen molar-refractivity contribution >= 4 is 6.09 Å². The largest absolute Gasteiger partial charge is 0.491 e. The fourth-order valence-corrected chi connectivity index (χ4v) is 4.06. The van der Waals surface area contributed by atoms with Crippen LogP contribution in [0.15, 0.2) is 71.5 Å². The van der Waals surface area contributed by atoms with Crippen LogP contribution in [0.5, 0.6) is 5.75 Å². The van der Waals surface area contributed by atoms with E-state index >= 15 is 0 Å². The summed E-state index contributed by atoms with van der Waals surface area (Å²) in [4.78, 5) is 14.3. The smallest absolute Gasteiger partial charge is 0.410 e. The van der Waals surface area contributed by atoms with E-state index in [9.17, 15) is 4.79 Å². The Morgan fingerprint density at radius 2 is 1.88 bits per heavy atom. The lowest BCUT2D eigenvalue weighted by atomic mass is 9.96. The Bertz CT molecular complexity index is 1020. The monoisotopic (exact) mass is 433 g/mol. The maximum absolute atomic E-state index is 12.5. The fraction of sp³-hybridized carbons (Fsp3) is 0.370. The van der Waals surface area contributed by atoms with Gasteiger partial charge in [0.05, 0.1) is 18.6 Å². The molecule has 0 aliphatic carbocycles. The Balaban J connectivity index is 1.35. The Morgan fingerprint density at radius 3 is 2.59 bits per heavy atom. The van der Waals surface area contributed by atoms with Crippen LogP contribution in [0.3, 0.4) is 0 Å². The van der Waals surface area contributed by atoms with E-state index in [1.54, 1.807) is 17.4 Å². The third-order valence-electron chi connectivity index (χ3n) is 5.62. The van der Waals surface area contributed by atoms with E-state index in [2.05, 4.69) is 30.3 Å². The molecule has 1 atom stereocenters. The topological polar surface area (TPSA) is 51.9 Å². The summed E-state index contributed by atoms with van der Waals surface area (Å²) in [6, 6.07) is 18.6. The summed E-state index contributed by atoms with van der Waals surface area (Å²) >= 11 is 0. The molecule has 1 aliphatic rings. The highest BCUT2D eigenvalue weighted by atomic mass is 16.6. The molecule has 0 radical (unpaired) electrons. The van der Waals surface area contributed by atoms with Gasteiger partial charge in [-0.1, -0.05) is 36.4 Å². The van der Waals surface area contributed by atoms with E-state index in [1.807, 2.05) is 45.0 Å². The molecule has 2 aromatic carbocycles. The number of hydrogen-bond acceptors (Lipinski definition) is 4. The molecule has 1 saturated heterocycles. The number of ether oxygens (including phenoxy) is 2. The molecule has 0 saturated carbocycles. The van der Waals surface area contributed by atoms with E-state index in [-0.39, 0.29) is 12.1 Å². The summed E-state index contributed by atoms with van der Waals surface area (Å²) < 4.78 is 16.8. The summed E-state index contributed by atoms with van der Waals surface area (Å²) in [5.74, 6) is 0.813. The number of carbonyl (C=O) groups is 1. The Labute approximate surface area is 189 Å². The first-order chi connectivity index (χ1) is 15.4. The zero-order valence-corrected chi connectivity index (χ0v) is 19.0. The zero-order chi connectivity index (χ0) is 22.6. The molecule has 0 N–H and O–H groups in total. The van der Waals surface area contributed by atoms with E-state index in [1.165, 1.54) is 16.7 Å². The van der Waals surface area contributed by atoms with Crippen molar-refractivity contribution in [3.8, 4) is 16.9 Å². The normalized spacial score (nSPS) is 16.2. The molecule has 2 heterocycles. The van der Waals surface area contributed by atoms with Gasteiger partial charge in [-0.3, -0.25) is 0 Å². The number of hydrogen-bond donors (Lipinski definition) is 0. The maximum atomic E-state index is 12.5. The highest BCUT2D eigenvalue weighted by molar-refractivity contribution is 5.69. The number of carbonyl (C=O) groups excluding carboxylic acids is 1. The molecule has 0 unspecified atom stereocenters. The maximum Gasteiger partial charge on any atom is 0.410 e. The molecular formula is C27H31NO4. The lowest BCUT2D eigenvalue weighted by Gasteiger charge is -2.28. The molecule has 0 bridgehead atoms. The summed E-state index contributed by atoms with van der Waals surface area (Å²) in [5.41, 5.74) is 4.25. The minimum absolute atomic E-state index is 0.0476. The standard InChI is InChI=1S/C27H31NO4/c1-27(2,3)32-26(29)28-15-6-8-23(28)19-31-24-12-10-20(11-13-24)17-21-7-4-5-9-25(21)22-14-16-30-18-22/h4-5,7,9-14,16,18,23H,6,8,15,17,19H2,1-3H3/t23-/m1/s1. The van der Waals surface area contributed by atoms with E-state index in [4.69, 9.17) is 13.9 Å². The molecule has 1 aromatic heterocycles. The van der Waals surface area contributed by atoms with Gasteiger partial charge in [-0.05, 0) is 74.9 Å². The lowest BCUT2D eigenvalue weighted by Crippen LogP contribution is -2.42. The van der Waals surface area contributed by atoms with Gasteiger partial charge in [0.2, 0.25) is 0 Å². The van der Waals surface area contributed by atoms with Crippen molar-refractivity contribution in [2.45, 2.75) is 51.7 Å². The second-order valence-electron chi connectivity index (χ2n) is 9.27. The molecule has 5 nitrogen and oxygen atoms in total. The van der Waals surface area contributed by atoms with Crippen LogP contribution in [0.2, 0.25) is 0 Å². The van der Waals surface area contributed by atoms with Crippen LogP contribution in [0.1, 0.15) is 44.7 Å². The molecule has 1 fully saturated rings. The third kappa shape index (κ3) is 5.52. The number of amides is 1. The quantitative estimate of drug-likeness (QED) is 0.457. The lowest BCUT2D eigenvalue weighted by molar-refractivity contribution is 0.0187. The number of furan rings is 1. The first kappa shape index (κ1) is 22.0. The molecule has 4 rings (SSSR count). The molecule has 1 aliphatic heterocycles. The first-order valence-electron chi connectivity index (χ1n) is 11.2. The van der Waals surface area contributed by atoms with Crippen LogP contribution >= 0.6 is 0 Å². The van der Waals surface area contributed by atoms with Crippen LogP contribution in [0.4, 0.5) is 4.79 Å². The van der Waals surface area contributed by atoms with Crippen LogP contribution in [-0.4, -0.2) is 35.8 Å². The van der Waals surface area contributed by atoms with Crippen LogP contribution in [0, 0.1) is 0 Å². The van der Waals surface area contributed by atoms with E-state index in [0.717, 1.165) is 37.1 Å². The van der Waals surface area contributed by atoms with Crippen molar-refractivity contribution < 1.29 is 18.7 Å². The van der Waals surface area contributed by atoms with Gasteiger partial charge < -0.3 is 18.8 Å². The molecule has 3 aromatic rings. The molecule has 0 spiro atoms. The van der Waals surface area contributed by atoms with Crippen molar-refractivity contribution in [1.82, 2.24) is 4.90 Å². The molecule has 32 heavy (non-hydrogen) atoms. The van der Waals surface area contributed by atoms with Crippen molar-refractivity contribution in [3.63, 3.8) is 0 Å². The average Bonchev–Trinajstić information content (AvgIpc) is 3.45. The minimum atomic E-state index is -0.489. The number of benzene rings is 2. The minimum Gasteiger partial charge on any atom is -0.491 e. The van der Waals surface area contributed by atoms with Crippen LogP contribution in [0.25, 0.3) is 11.1 Å². The van der Waals surface area contributed by atoms with Crippen molar-refractivity contribution in [2.24, 2.45) is 0 Å². The highest BCUT2D eigenvalue weighted by Crippen LogP contribution is 2.27. The van der Waals surface area contributed by atoms with Crippen molar-refractivity contribution in [2.75, 3.05) is 13.2 Å². The van der Waals surface area contributed by atoms with Gasteiger partial charge >= 0.3 is 6.09 Å². The van der Waals surface area contributed by atoms with Crippen molar-refractivity contribution in [1.29, 1.82) is 0 Å². The second-order valence-corrected chi connectivity index (χ2v) is 9.27. The van der Waals surface area contributed by atoms with E-state index < -0.39 is 5.60 Å². The van der Waals surface area contributed by atoms with Gasteiger partial charge in [0.25, 0.3) is 0 Å². The predicted octanol–water partition coefficient (Wildman–Crippen LogP) is 6.32. The first-order valence-corrected chi connectivity index (χ1v) is 11.2. The van der Waals surface area contributed by atoms with Crippen LogP contribution < -0.4 is 4.74 Å². The number of likely N-dealkylation sites (tertiary alicyclic amines) is 1. The summed E-state index contributed by atoms with van der Waals surface area (Å²) in [6.45, 7) is 6.87. The summed E-state index contributed by atoms with van der Waals surface area (Å²) in [6.07, 6.45) is 5.96. The SMILES string of the molecule is CC(C)(C)OC(=O)N1CCC[C@@H]1COc1ccc(Cc2ccccc2-c2ccoc2)cc1. The fourth-order valence-electron chi connectivity index (χ4n) is 4.06. The summed E-state index contributed by atoms with van der Waals surface area (Å²) in [5, 5.41) is 0. The third-order valence-corrected chi connectivity index (χ3v) is 5.62. The summed E-state index contributed by atoms with van der Waals surface area (Å²) in [7, 11) is 0. The Hall–Kier alpha value is -3.21. The van der Waals surface area contributed by atoms with E-state index in [0.29, 0.717) is 6.61 Å². The zero-order valence-electron chi connectivity index (χ0n) is 19.0. The molecule has 168 valence electrons. The Kier molecular flexibility index (Phi) is 6.54.